The van der Waals surface area contributed by atoms with Gasteiger partial charge in [0.25, 0.3) is 5.79 Å². The predicted octanol–water partition coefficient (Wildman–Crippen LogP) is 8.79. The first-order valence-electron chi connectivity index (χ1n) is 38.2. The van der Waals surface area contributed by atoms with Crippen LogP contribution in [-0.4, -0.2) is 215 Å². The van der Waals surface area contributed by atoms with E-state index in [0.29, 0.717) is 19.3 Å². The van der Waals surface area contributed by atoms with Crippen LogP contribution in [0.5, 0.6) is 0 Å². The molecule has 3 heterocycles. The van der Waals surface area contributed by atoms with Crippen LogP contribution in [0, 0.1) is 0 Å². The standard InChI is InChI=1S/C74H136N2O21/c1-4-6-8-10-12-14-16-18-20-22-24-25-26-27-28-29-30-32-34-36-38-40-42-44-46-48-61(84)76-55(56(81)47-45-43-41-39-37-35-33-31-23-21-19-17-15-13-11-9-7-5-2)53-92-71-66(88)65(87)68(60(52-79)94-71)95-72-67(89)70(64(86)59(51-78)93-72)97-74(73(90)91)49-57(82)62(75-54(3)80)69(96-74)63(85)58(83)50-77/h24-25,27-28,55-60,62-72,77-79,81-83,85-89H,4-23,26,29-53H2,1-3H3,(H,75,80)(H,76,84)(H,90,91)/b25-24-,28-27-. The molecule has 0 aromatic carbocycles. The molecule has 3 rings (SSSR count). The van der Waals surface area contributed by atoms with Crippen molar-refractivity contribution in [2.75, 3.05) is 26.4 Å². The quantitative estimate of drug-likeness (QED) is 0.0200. The molecule has 97 heavy (non-hydrogen) atoms. The molecule has 2 amide bonds. The summed E-state index contributed by atoms with van der Waals surface area (Å²) in [6.45, 7) is 2.23. The zero-order chi connectivity index (χ0) is 71.1. The Balaban J connectivity index is 1.54. The average molecular weight is 1390 g/mol. The topological polar surface area (TPSA) is 373 Å². The van der Waals surface area contributed by atoms with Gasteiger partial charge in [0.1, 0.15) is 67.1 Å². The van der Waals surface area contributed by atoms with E-state index >= 15 is 0 Å². The lowest BCUT2D eigenvalue weighted by Gasteiger charge is -2.50. The van der Waals surface area contributed by atoms with Crippen molar-refractivity contribution in [1.29, 1.82) is 0 Å². The molecule has 3 fully saturated rings. The van der Waals surface area contributed by atoms with Gasteiger partial charge >= 0.3 is 5.97 Å². The third-order valence-electron chi connectivity index (χ3n) is 19.4. The first-order chi connectivity index (χ1) is 46.9. The van der Waals surface area contributed by atoms with Crippen LogP contribution in [0.15, 0.2) is 24.3 Å². The minimum atomic E-state index is -3.08. The van der Waals surface area contributed by atoms with E-state index in [2.05, 4.69) is 48.8 Å². The number of carboxylic acid groups (broad SMARTS) is 1. The van der Waals surface area contributed by atoms with Crippen LogP contribution in [0.3, 0.4) is 0 Å². The second-order valence-corrected chi connectivity index (χ2v) is 27.9. The molecule has 0 spiro atoms. The summed E-state index contributed by atoms with van der Waals surface area (Å²) >= 11 is 0. The average Bonchev–Trinajstić information content (AvgIpc) is 0.757. The van der Waals surface area contributed by atoms with Gasteiger partial charge in [-0.15, -0.1) is 0 Å². The number of carboxylic acids is 1. The normalized spacial score (nSPS) is 27.5. The monoisotopic (exact) mass is 1390 g/mol. The Bertz CT molecular complexity index is 2040. The molecule has 14 N–H and O–H groups in total. The number of nitrogens with one attached hydrogen (secondary N) is 2. The number of aliphatic hydroxyl groups is 11. The second kappa shape index (κ2) is 53.9. The van der Waals surface area contributed by atoms with Crippen molar-refractivity contribution < 1.29 is 104 Å². The van der Waals surface area contributed by atoms with Crippen molar-refractivity contribution in [2.24, 2.45) is 0 Å². The van der Waals surface area contributed by atoms with Gasteiger partial charge in [-0.1, -0.05) is 250 Å². The summed E-state index contributed by atoms with van der Waals surface area (Å²) in [5.74, 6) is -6.10. The zero-order valence-electron chi connectivity index (χ0n) is 59.7. The highest BCUT2D eigenvalue weighted by molar-refractivity contribution is 5.77. The van der Waals surface area contributed by atoms with Crippen molar-refractivity contribution >= 4 is 17.8 Å². The van der Waals surface area contributed by atoms with Gasteiger partial charge in [-0.2, -0.15) is 0 Å². The van der Waals surface area contributed by atoms with Gasteiger partial charge < -0.3 is 100 Å². The van der Waals surface area contributed by atoms with Gasteiger partial charge in [0.05, 0.1) is 50.7 Å². The van der Waals surface area contributed by atoms with Crippen LogP contribution in [0.1, 0.15) is 290 Å². The summed E-state index contributed by atoms with van der Waals surface area (Å²) in [4.78, 5) is 38.7. The highest BCUT2D eigenvalue weighted by Crippen LogP contribution is 2.39. The largest absolute Gasteiger partial charge is 0.477 e. The number of rotatable bonds is 59. The first kappa shape index (κ1) is 88.4. The number of hydrogen-bond donors (Lipinski definition) is 14. The maximum absolute atomic E-state index is 13.5. The van der Waals surface area contributed by atoms with E-state index in [1.807, 2.05) is 0 Å². The molecule has 0 aliphatic carbocycles. The fourth-order valence-corrected chi connectivity index (χ4v) is 13.3. The smallest absolute Gasteiger partial charge is 0.364 e. The second-order valence-electron chi connectivity index (χ2n) is 27.9. The third kappa shape index (κ3) is 35.3. The molecule has 3 aliphatic heterocycles. The summed E-state index contributed by atoms with van der Waals surface area (Å²) < 4.78 is 34.9. The zero-order valence-corrected chi connectivity index (χ0v) is 59.7. The first-order valence-corrected chi connectivity index (χ1v) is 38.2. The summed E-state index contributed by atoms with van der Waals surface area (Å²) in [6, 6.07) is -2.53. The Hall–Kier alpha value is -2.79. The van der Waals surface area contributed by atoms with Gasteiger partial charge in [-0.3, -0.25) is 9.59 Å². The number of aliphatic carboxylic acids is 1. The highest BCUT2D eigenvalue weighted by atomic mass is 16.8. The summed E-state index contributed by atoms with van der Waals surface area (Å²) in [7, 11) is 0. The molecule has 23 heteroatoms. The Morgan fingerprint density at radius 1 is 0.536 bits per heavy atom. The van der Waals surface area contributed by atoms with Gasteiger partial charge in [0, 0.05) is 19.8 Å². The van der Waals surface area contributed by atoms with Crippen LogP contribution in [-0.2, 0) is 42.8 Å². The number of aliphatic hydroxyl groups excluding tert-OH is 11. The van der Waals surface area contributed by atoms with Crippen LogP contribution in [0.4, 0.5) is 0 Å². The lowest BCUT2D eigenvalue weighted by Crippen LogP contribution is -2.70. The number of allylic oxidation sites excluding steroid dienone is 4. The molecule has 0 bridgehead atoms. The molecule has 0 aromatic heterocycles. The maximum Gasteiger partial charge on any atom is 0.364 e. The van der Waals surface area contributed by atoms with E-state index in [9.17, 15) is 75.7 Å². The minimum absolute atomic E-state index is 0.219. The Morgan fingerprint density at radius 3 is 1.44 bits per heavy atom. The van der Waals surface area contributed by atoms with Crippen LogP contribution < -0.4 is 10.6 Å². The summed E-state index contributed by atoms with van der Waals surface area (Å²) in [5, 5.41) is 136. The van der Waals surface area contributed by atoms with E-state index in [4.69, 9.17) is 28.4 Å². The number of hydrogen-bond acceptors (Lipinski definition) is 20. The van der Waals surface area contributed by atoms with Gasteiger partial charge in [0.15, 0.2) is 12.6 Å². The fraction of sp³-hybridized carbons (Fsp3) is 0.905. The Labute approximate surface area is 581 Å². The molecule has 18 unspecified atom stereocenters. The number of ether oxygens (including phenoxy) is 6. The Kier molecular flexibility index (Phi) is 49.2. The van der Waals surface area contributed by atoms with Crippen LogP contribution in [0.2, 0.25) is 0 Å². The number of unbranched alkanes of at least 4 members (excludes halogenated alkanes) is 35. The van der Waals surface area contributed by atoms with Crippen LogP contribution >= 0.6 is 0 Å². The van der Waals surface area contributed by atoms with Crippen molar-refractivity contribution in [1.82, 2.24) is 10.6 Å². The van der Waals surface area contributed by atoms with Crippen molar-refractivity contribution in [3.05, 3.63) is 24.3 Å². The lowest BCUT2D eigenvalue weighted by atomic mass is 9.88. The molecule has 0 saturated carbocycles. The van der Waals surface area contributed by atoms with Crippen molar-refractivity contribution in [2.45, 2.75) is 400 Å². The predicted molar refractivity (Wildman–Crippen MR) is 371 cm³/mol. The molecule has 3 aliphatic rings. The number of carbonyl (C=O) groups is 3. The molecule has 3 saturated heterocycles. The van der Waals surface area contributed by atoms with E-state index in [1.54, 1.807) is 0 Å². The van der Waals surface area contributed by atoms with Gasteiger partial charge in [0.2, 0.25) is 11.8 Å². The van der Waals surface area contributed by atoms with Crippen molar-refractivity contribution in [3.8, 4) is 0 Å². The van der Waals surface area contributed by atoms with E-state index in [1.165, 1.54) is 173 Å². The van der Waals surface area contributed by atoms with E-state index < -0.39 is 148 Å². The number of amides is 2. The molecule has 18 atom stereocenters. The minimum Gasteiger partial charge on any atom is -0.477 e. The highest BCUT2D eigenvalue weighted by Gasteiger charge is 2.60. The number of carbonyl (C=O) groups excluding carboxylic acids is 2. The van der Waals surface area contributed by atoms with Gasteiger partial charge in [-0.05, 0) is 44.9 Å². The van der Waals surface area contributed by atoms with E-state index in [0.717, 1.165) is 71.1 Å². The van der Waals surface area contributed by atoms with Crippen molar-refractivity contribution in [3.63, 3.8) is 0 Å². The maximum atomic E-state index is 13.5. The van der Waals surface area contributed by atoms with Crippen LogP contribution in [0.25, 0.3) is 0 Å². The summed E-state index contributed by atoms with van der Waals surface area (Å²) in [6.07, 6.45) is 27.4. The lowest BCUT2D eigenvalue weighted by molar-refractivity contribution is -0.386. The molecular formula is C74H136N2O21. The van der Waals surface area contributed by atoms with Gasteiger partial charge in [-0.25, -0.2) is 4.79 Å². The summed E-state index contributed by atoms with van der Waals surface area (Å²) in [5.41, 5.74) is 0. The van der Waals surface area contributed by atoms with E-state index in [-0.39, 0.29) is 18.9 Å². The molecule has 0 aromatic rings. The molecule has 0 radical (unpaired) electrons. The molecular weight excluding hydrogens is 1250 g/mol. The third-order valence-corrected chi connectivity index (χ3v) is 19.4. The molecule has 23 nitrogen and oxygen atoms in total. The molecule has 568 valence electrons. The Morgan fingerprint density at radius 2 is 0.990 bits per heavy atom. The fourth-order valence-electron chi connectivity index (χ4n) is 13.3. The SMILES string of the molecule is CCCCCCCCCCC/C=C\C/C=C\CCCCCCCCCCCC(=O)NC(COC1OC(CO)C(OC2OC(CO)C(O)C(OC3(C(=O)O)CC(O)C(NC(C)=O)C(C(O)C(O)CO)O3)C2O)C(O)C1O)C(O)CCCCCCCCCCCCCCCCCCCC.